The fraction of sp³-hybridized carbons (Fsp3) is 0.316. The number of phenols is 1. The zero-order chi connectivity index (χ0) is 19.0. The highest BCUT2D eigenvalue weighted by Gasteiger charge is 2.20. The van der Waals surface area contributed by atoms with Crippen LogP contribution in [0.25, 0.3) is 10.2 Å². The number of phenolic OH excluding ortho intramolecular Hbond substituents is 1. The first-order valence-electron chi connectivity index (χ1n) is 8.83. The Balaban J connectivity index is 1.49. The minimum atomic E-state index is -0.291. The molecule has 3 N–H and O–H groups in total. The summed E-state index contributed by atoms with van der Waals surface area (Å²) >= 11 is 7.47. The first kappa shape index (κ1) is 18.0. The van der Waals surface area contributed by atoms with Crippen molar-refractivity contribution in [1.29, 1.82) is 0 Å². The number of aromatic nitrogens is 2. The number of hydrogen-bond donors (Lipinski definition) is 3. The van der Waals surface area contributed by atoms with Crippen molar-refractivity contribution in [2.45, 2.75) is 38.5 Å². The molecule has 2 heterocycles. The van der Waals surface area contributed by atoms with E-state index in [0.717, 1.165) is 36.1 Å². The van der Waals surface area contributed by atoms with Gasteiger partial charge >= 0.3 is 0 Å². The van der Waals surface area contributed by atoms with Crippen LogP contribution in [0.3, 0.4) is 0 Å². The molecule has 0 saturated heterocycles. The molecular weight excluding hydrogens is 386 g/mol. The van der Waals surface area contributed by atoms with E-state index in [9.17, 15) is 14.7 Å². The zero-order valence-electron chi connectivity index (χ0n) is 14.5. The van der Waals surface area contributed by atoms with Crippen molar-refractivity contribution in [2.24, 2.45) is 0 Å². The molecule has 4 rings (SSSR count). The second-order valence-electron chi connectivity index (χ2n) is 6.61. The number of aromatic amines is 1. The molecule has 0 fully saturated rings. The summed E-state index contributed by atoms with van der Waals surface area (Å²) < 4.78 is 0. The average molecular weight is 404 g/mol. The van der Waals surface area contributed by atoms with Crippen LogP contribution >= 0.6 is 22.9 Å². The Morgan fingerprint density at radius 1 is 1.33 bits per heavy atom. The van der Waals surface area contributed by atoms with Crippen molar-refractivity contribution < 1.29 is 9.90 Å². The van der Waals surface area contributed by atoms with Crippen LogP contribution in [0.2, 0.25) is 5.02 Å². The molecule has 0 aliphatic heterocycles. The van der Waals surface area contributed by atoms with E-state index >= 15 is 0 Å². The maximum Gasteiger partial charge on any atom is 0.259 e. The Kier molecular flexibility index (Phi) is 4.88. The molecule has 0 unspecified atom stereocenters. The highest BCUT2D eigenvalue weighted by Crippen LogP contribution is 2.33. The SMILES string of the molecule is O=C(CCc1nc2sc3c(c2c(=O)[nH]1)CCCC3)Nc1cc(Cl)ccc1O. The summed E-state index contributed by atoms with van der Waals surface area (Å²) in [6.07, 6.45) is 4.64. The topological polar surface area (TPSA) is 95.1 Å². The lowest BCUT2D eigenvalue weighted by Crippen LogP contribution is -2.16. The predicted octanol–water partition coefficient (Wildman–Crippen LogP) is 3.79. The van der Waals surface area contributed by atoms with E-state index in [2.05, 4.69) is 15.3 Å². The van der Waals surface area contributed by atoms with Gasteiger partial charge in [-0.15, -0.1) is 11.3 Å². The standard InChI is InChI=1S/C19H18ClN3O3S/c20-10-5-6-13(24)12(9-10)21-16(25)8-7-15-22-18(26)17-11-3-1-2-4-14(11)27-19(17)23-15/h5-6,9,24H,1-4,7-8H2,(H,21,25)(H,22,23,26). The lowest BCUT2D eigenvalue weighted by atomic mass is 9.97. The molecule has 0 spiro atoms. The van der Waals surface area contributed by atoms with E-state index in [4.69, 9.17) is 11.6 Å². The molecule has 8 heteroatoms. The van der Waals surface area contributed by atoms with Gasteiger partial charge in [0.25, 0.3) is 5.56 Å². The van der Waals surface area contributed by atoms with E-state index in [0.29, 0.717) is 22.7 Å². The maximum absolute atomic E-state index is 12.5. The molecule has 27 heavy (non-hydrogen) atoms. The second-order valence-corrected chi connectivity index (χ2v) is 8.13. The molecule has 3 aromatic rings. The summed E-state index contributed by atoms with van der Waals surface area (Å²) in [7, 11) is 0. The van der Waals surface area contributed by atoms with Gasteiger partial charge in [0.1, 0.15) is 16.4 Å². The van der Waals surface area contributed by atoms with Crippen molar-refractivity contribution in [2.75, 3.05) is 5.32 Å². The van der Waals surface area contributed by atoms with Gasteiger partial charge in [0, 0.05) is 22.7 Å². The van der Waals surface area contributed by atoms with E-state index < -0.39 is 0 Å². The lowest BCUT2D eigenvalue weighted by Gasteiger charge is -2.09. The van der Waals surface area contributed by atoms with Gasteiger partial charge in [-0.3, -0.25) is 9.59 Å². The van der Waals surface area contributed by atoms with Crippen LogP contribution < -0.4 is 10.9 Å². The molecule has 1 aliphatic carbocycles. The average Bonchev–Trinajstić information content (AvgIpc) is 3.02. The number of carbonyl (C=O) groups excluding carboxylic acids is 1. The van der Waals surface area contributed by atoms with Crippen LogP contribution in [0.15, 0.2) is 23.0 Å². The Morgan fingerprint density at radius 3 is 3.00 bits per heavy atom. The van der Waals surface area contributed by atoms with Gasteiger partial charge in [0.2, 0.25) is 5.91 Å². The van der Waals surface area contributed by atoms with Gasteiger partial charge in [-0.25, -0.2) is 4.98 Å². The van der Waals surface area contributed by atoms with Crippen molar-refractivity contribution >= 4 is 44.7 Å². The Morgan fingerprint density at radius 2 is 2.15 bits per heavy atom. The quantitative estimate of drug-likeness (QED) is 0.577. The number of H-pyrrole nitrogens is 1. The van der Waals surface area contributed by atoms with Crippen molar-refractivity contribution in [1.82, 2.24) is 9.97 Å². The number of halogens is 1. The number of aryl methyl sites for hydroxylation is 3. The maximum atomic E-state index is 12.5. The smallest absolute Gasteiger partial charge is 0.259 e. The molecular formula is C19H18ClN3O3S. The number of aromatic hydroxyl groups is 1. The van der Waals surface area contributed by atoms with Crippen LogP contribution in [-0.2, 0) is 24.1 Å². The molecule has 1 amide bonds. The number of benzene rings is 1. The summed E-state index contributed by atoms with van der Waals surface area (Å²) in [6.45, 7) is 0. The third-order valence-electron chi connectivity index (χ3n) is 4.70. The highest BCUT2D eigenvalue weighted by atomic mass is 35.5. The number of thiophene rings is 1. The molecule has 0 bridgehead atoms. The monoisotopic (exact) mass is 403 g/mol. The number of amides is 1. The van der Waals surface area contributed by atoms with Gasteiger partial charge in [0.15, 0.2) is 0 Å². The van der Waals surface area contributed by atoms with Gasteiger partial charge < -0.3 is 15.4 Å². The first-order chi connectivity index (χ1) is 13.0. The summed E-state index contributed by atoms with van der Waals surface area (Å²) in [4.78, 5) is 34.1. The predicted molar refractivity (Wildman–Crippen MR) is 107 cm³/mol. The minimum absolute atomic E-state index is 0.0510. The third-order valence-corrected chi connectivity index (χ3v) is 6.12. The van der Waals surface area contributed by atoms with Crippen molar-refractivity contribution in [3.63, 3.8) is 0 Å². The molecule has 6 nitrogen and oxygen atoms in total. The Labute approximate surface area is 164 Å². The number of hydrogen-bond acceptors (Lipinski definition) is 5. The van der Waals surface area contributed by atoms with Crippen molar-refractivity contribution in [3.8, 4) is 5.75 Å². The molecule has 1 aliphatic rings. The van der Waals surface area contributed by atoms with Gasteiger partial charge in [-0.05, 0) is 49.4 Å². The molecule has 2 aromatic heterocycles. The number of rotatable bonds is 4. The Hall–Kier alpha value is -2.38. The van der Waals surface area contributed by atoms with Gasteiger partial charge in [0.05, 0.1) is 11.1 Å². The first-order valence-corrected chi connectivity index (χ1v) is 10.0. The van der Waals surface area contributed by atoms with Crippen LogP contribution in [0.1, 0.15) is 35.5 Å². The van der Waals surface area contributed by atoms with Crippen LogP contribution in [-0.4, -0.2) is 21.0 Å². The third kappa shape index (κ3) is 3.70. The van der Waals surface area contributed by atoms with Gasteiger partial charge in [-0.1, -0.05) is 11.6 Å². The summed E-state index contributed by atoms with van der Waals surface area (Å²) in [5.74, 6) is 0.155. The van der Waals surface area contributed by atoms with Crippen LogP contribution in [0, 0.1) is 0 Å². The number of carbonyl (C=O) groups is 1. The largest absolute Gasteiger partial charge is 0.506 e. The number of nitrogens with one attached hydrogen (secondary N) is 2. The van der Waals surface area contributed by atoms with Crippen LogP contribution in [0.4, 0.5) is 5.69 Å². The molecule has 0 atom stereocenters. The summed E-state index contributed by atoms with van der Waals surface area (Å²) in [6, 6.07) is 4.44. The van der Waals surface area contributed by atoms with Gasteiger partial charge in [-0.2, -0.15) is 0 Å². The number of fused-ring (bicyclic) bond motifs is 3. The van der Waals surface area contributed by atoms with E-state index in [1.165, 1.54) is 23.1 Å². The fourth-order valence-corrected chi connectivity index (χ4v) is 4.83. The molecule has 1 aromatic carbocycles. The van der Waals surface area contributed by atoms with E-state index in [-0.39, 0.29) is 29.3 Å². The summed E-state index contributed by atoms with van der Waals surface area (Å²) in [5, 5.41) is 13.5. The molecule has 140 valence electrons. The normalized spacial score (nSPS) is 13.5. The number of anilines is 1. The Bertz CT molecular complexity index is 1090. The molecule has 0 radical (unpaired) electrons. The number of nitrogens with zero attached hydrogens (tertiary/aromatic N) is 1. The minimum Gasteiger partial charge on any atom is -0.506 e. The lowest BCUT2D eigenvalue weighted by molar-refractivity contribution is -0.116. The van der Waals surface area contributed by atoms with E-state index in [1.807, 2.05) is 0 Å². The fourth-order valence-electron chi connectivity index (χ4n) is 3.38. The highest BCUT2D eigenvalue weighted by molar-refractivity contribution is 7.18. The molecule has 0 saturated carbocycles. The second kappa shape index (κ2) is 7.32. The van der Waals surface area contributed by atoms with Crippen LogP contribution in [0.5, 0.6) is 5.75 Å². The zero-order valence-corrected chi connectivity index (χ0v) is 16.0. The van der Waals surface area contributed by atoms with E-state index in [1.54, 1.807) is 11.3 Å². The van der Waals surface area contributed by atoms with Crippen molar-refractivity contribution in [3.05, 3.63) is 49.8 Å². The summed E-state index contributed by atoms with van der Waals surface area (Å²) in [5.41, 5.74) is 1.29.